The van der Waals surface area contributed by atoms with Crippen LogP contribution >= 0.6 is 0 Å². The Kier molecular flexibility index (Phi) is 14.7. The molecule has 1 aromatic heterocycles. The average molecular weight is 822 g/mol. The second-order valence-corrected chi connectivity index (χ2v) is 15.9. The number of fused-ring (bicyclic) bond motifs is 1. The minimum absolute atomic E-state index is 0.0576. The molecule has 318 valence electrons. The Morgan fingerprint density at radius 2 is 1.50 bits per heavy atom. The molecule has 2 saturated carbocycles. The smallest absolute Gasteiger partial charge is 0.342 e. The third-order valence-electron chi connectivity index (χ3n) is 11.2. The Morgan fingerprint density at radius 3 is 2.17 bits per heavy atom. The number of esters is 1. The van der Waals surface area contributed by atoms with Crippen LogP contribution in [0.2, 0.25) is 0 Å². The van der Waals surface area contributed by atoms with Gasteiger partial charge in [-0.1, -0.05) is 54.3 Å². The summed E-state index contributed by atoms with van der Waals surface area (Å²) in [6, 6.07) is 18.0. The number of hydrogen-bond acceptors (Lipinski definition) is 10. The summed E-state index contributed by atoms with van der Waals surface area (Å²) in [6.45, 7) is 0.986. The zero-order chi connectivity index (χ0) is 42.7. The first-order chi connectivity index (χ1) is 28.9. The van der Waals surface area contributed by atoms with Crippen molar-refractivity contribution in [3.8, 4) is 17.6 Å². The number of carbonyl (C=O) groups is 4. The molecule has 1 heterocycles. The monoisotopic (exact) mass is 821 g/mol. The normalized spacial score (nSPS) is 16.3. The molecule has 3 aromatic carbocycles. The number of ether oxygens (including phenoxy) is 2. The van der Waals surface area contributed by atoms with E-state index in [1.54, 1.807) is 19.2 Å². The summed E-state index contributed by atoms with van der Waals surface area (Å²) < 4.78 is 17.6. The number of benzene rings is 3. The first-order valence-corrected chi connectivity index (χ1v) is 20.8. The Balaban J connectivity index is 1.38. The molecule has 0 spiro atoms. The van der Waals surface area contributed by atoms with Crippen molar-refractivity contribution in [1.82, 2.24) is 16.0 Å². The van der Waals surface area contributed by atoms with E-state index in [0.29, 0.717) is 55.0 Å². The summed E-state index contributed by atoms with van der Waals surface area (Å²) in [5.74, 6) is 4.67. The standard InChI is InChI=1S/C47H55N3O10/c1-31(52)49-39(29-33-11-4-3-5-12-33)44(54)50-38(43(53)48-24-25-51)30-34-27-35(18-23-46(56)19-6-7-20-46)41-37(28-34)40(42(60-41)47(57)21-8-9-22-47)45(55)59-26-10-13-32-14-16-36(58-2)17-15-32/h3-5,11-12,14-17,27-28,38-39,51,56-57H,6-10,13,19-22,24-26,29-30H2,1-2H3,(H,48,53)(H,49,52)(H,50,54)/t38-,39-/m0/s1. The fraction of sp³-hybridized carbons (Fsp3) is 0.447. The molecule has 2 aliphatic carbocycles. The van der Waals surface area contributed by atoms with E-state index in [0.717, 1.165) is 42.6 Å². The van der Waals surface area contributed by atoms with Crippen LogP contribution in [0.1, 0.15) is 103 Å². The van der Waals surface area contributed by atoms with Crippen molar-refractivity contribution >= 4 is 34.7 Å². The van der Waals surface area contributed by atoms with Crippen molar-refractivity contribution < 1.29 is 48.4 Å². The summed E-state index contributed by atoms with van der Waals surface area (Å²) in [6.07, 6.45) is 6.07. The van der Waals surface area contributed by atoms with Gasteiger partial charge in [-0.25, -0.2) is 4.79 Å². The highest BCUT2D eigenvalue weighted by Crippen LogP contribution is 2.44. The SMILES string of the molecule is COc1ccc(CCCOC(=O)c2c(C3(O)CCCC3)oc3c(C#CC4(O)CCCC4)cc(C[C@H](NC(=O)[C@H](Cc4ccccc4)NC(C)=O)C(=O)NCCO)cc23)cc1. The van der Waals surface area contributed by atoms with Gasteiger partial charge in [0.15, 0.2) is 11.3 Å². The lowest BCUT2D eigenvalue weighted by Gasteiger charge is -2.23. The van der Waals surface area contributed by atoms with Crippen LogP contribution in [0.4, 0.5) is 0 Å². The van der Waals surface area contributed by atoms with Crippen molar-refractivity contribution in [1.29, 1.82) is 0 Å². The molecule has 0 radical (unpaired) electrons. The van der Waals surface area contributed by atoms with Crippen molar-refractivity contribution in [2.75, 3.05) is 26.9 Å². The summed E-state index contributed by atoms with van der Waals surface area (Å²) in [5.41, 5.74) is 0.276. The van der Waals surface area contributed by atoms with Crippen LogP contribution in [0.25, 0.3) is 11.0 Å². The van der Waals surface area contributed by atoms with Gasteiger partial charge in [0.1, 0.15) is 34.6 Å². The van der Waals surface area contributed by atoms with Gasteiger partial charge in [0.05, 0.1) is 25.9 Å². The van der Waals surface area contributed by atoms with Gasteiger partial charge < -0.3 is 45.2 Å². The number of aliphatic hydroxyl groups excluding tert-OH is 1. The zero-order valence-electron chi connectivity index (χ0n) is 34.3. The molecule has 2 aliphatic rings. The second kappa shape index (κ2) is 20.1. The summed E-state index contributed by atoms with van der Waals surface area (Å²) in [4.78, 5) is 54.0. The van der Waals surface area contributed by atoms with Gasteiger partial charge in [0.2, 0.25) is 17.7 Å². The van der Waals surface area contributed by atoms with Gasteiger partial charge in [0.25, 0.3) is 0 Å². The summed E-state index contributed by atoms with van der Waals surface area (Å²) in [5, 5.41) is 41.2. The fourth-order valence-corrected chi connectivity index (χ4v) is 8.09. The quantitative estimate of drug-likeness (QED) is 0.0500. The van der Waals surface area contributed by atoms with E-state index in [2.05, 4.69) is 27.8 Å². The minimum Gasteiger partial charge on any atom is -0.497 e. The molecule has 0 unspecified atom stereocenters. The molecule has 0 saturated heterocycles. The Hall–Kier alpha value is -5.68. The van der Waals surface area contributed by atoms with Crippen molar-refractivity contribution in [3.63, 3.8) is 0 Å². The van der Waals surface area contributed by atoms with Gasteiger partial charge in [-0.2, -0.15) is 0 Å². The number of nitrogens with one attached hydrogen (secondary N) is 3. The maximum absolute atomic E-state index is 14.2. The van der Waals surface area contributed by atoms with E-state index < -0.39 is 47.0 Å². The topological polar surface area (TPSA) is 197 Å². The third-order valence-corrected chi connectivity index (χ3v) is 11.2. The molecule has 4 aromatic rings. The van der Waals surface area contributed by atoms with Gasteiger partial charge in [-0.3, -0.25) is 14.4 Å². The second-order valence-electron chi connectivity index (χ2n) is 15.9. The molecule has 6 rings (SSSR count). The van der Waals surface area contributed by atoms with Crippen LogP contribution in [-0.2, 0) is 44.0 Å². The Labute approximate surface area is 350 Å². The molecule has 3 amide bonds. The van der Waals surface area contributed by atoms with Crippen LogP contribution < -0.4 is 20.7 Å². The predicted molar refractivity (Wildman–Crippen MR) is 224 cm³/mol. The maximum atomic E-state index is 14.2. The lowest BCUT2D eigenvalue weighted by atomic mass is 9.93. The highest BCUT2D eigenvalue weighted by atomic mass is 16.5. The zero-order valence-corrected chi connectivity index (χ0v) is 34.3. The molecule has 13 heteroatoms. The molecular weight excluding hydrogens is 767 g/mol. The largest absolute Gasteiger partial charge is 0.497 e. The number of aliphatic hydroxyl groups is 3. The number of hydrogen-bond donors (Lipinski definition) is 6. The van der Waals surface area contributed by atoms with Crippen LogP contribution in [0.15, 0.2) is 71.1 Å². The Morgan fingerprint density at radius 1 is 0.833 bits per heavy atom. The maximum Gasteiger partial charge on any atom is 0.342 e. The van der Waals surface area contributed by atoms with Crippen molar-refractivity contribution in [2.45, 2.75) is 107 Å². The van der Waals surface area contributed by atoms with Crippen molar-refractivity contribution in [2.24, 2.45) is 0 Å². The van der Waals surface area contributed by atoms with E-state index in [-0.39, 0.29) is 49.5 Å². The van der Waals surface area contributed by atoms with Crippen LogP contribution in [0, 0.1) is 11.8 Å². The summed E-state index contributed by atoms with van der Waals surface area (Å²) >= 11 is 0. The van der Waals surface area contributed by atoms with E-state index in [1.807, 2.05) is 54.6 Å². The lowest BCUT2D eigenvalue weighted by Crippen LogP contribution is -2.55. The number of furan rings is 1. The lowest BCUT2D eigenvalue weighted by molar-refractivity contribution is -0.131. The first-order valence-electron chi connectivity index (χ1n) is 20.8. The van der Waals surface area contributed by atoms with Crippen LogP contribution in [-0.4, -0.2) is 83.6 Å². The molecule has 0 aliphatic heterocycles. The molecule has 6 N–H and O–H groups in total. The van der Waals surface area contributed by atoms with Crippen molar-refractivity contribution in [3.05, 3.63) is 100 Å². The molecular formula is C47H55N3O10. The fourth-order valence-electron chi connectivity index (χ4n) is 8.09. The molecule has 13 nitrogen and oxygen atoms in total. The first kappa shape index (κ1) is 43.9. The number of rotatable bonds is 17. The summed E-state index contributed by atoms with van der Waals surface area (Å²) in [7, 11) is 1.60. The van der Waals surface area contributed by atoms with E-state index in [1.165, 1.54) is 6.92 Å². The molecule has 2 fully saturated rings. The number of methoxy groups -OCH3 is 1. The highest BCUT2D eigenvalue weighted by Gasteiger charge is 2.42. The molecule has 60 heavy (non-hydrogen) atoms. The van der Waals surface area contributed by atoms with Gasteiger partial charge in [-0.15, -0.1) is 0 Å². The van der Waals surface area contributed by atoms with E-state index in [9.17, 15) is 34.5 Å². The average Bonchev–Trinajstić information content (AvgIpc) is 3.99. The minimum atomic E-state index is -1.44. The highest BCUT2D eigenvalue weighted by molar-refractivity contribution is 6.06. The number of amides is 3. The third kappa shape index (κ3) is 11.1. The van der Waals surface area contributed by atoms with E-state index in [4.69, 9.17) is 13.9 Å². The molecule has 0 bridgehead atoms. The number of aryl methyl sites for hydroxylation is 1. The van der Waals surface area contributed by atoms with Crippen LogP contribution in [0.5, 0.6) is 5.75 Å². The van der Waals surface area contributed by atoms with Gasteiger partial charge >= 0.3 is 5.97 Å². The van der Waals surface area contributed by atoms with E-state index >= 15 is 0 Å². The molecule has 2 atom stereocenters. The van der Waals surface area contributed by atoms with Gasteiger partial charge in [-0.05, 0) is 105 Å². The number of carbonyl (C=O) groups excluding carboxylic acids is 4. The van der Waals surface area contributed by atoms with Gasteiger partial charge in [0, 0.05) is 31.7 Å². The Bertz CT molecular complexity index is 2190. The predicted octanol–water partition coefficient (Wildman–Crippen LogP) is 4.53. The van der Waals surface area contributed by atoms with Crippen LogP contribution in [0.3, 0.4) is 0 Å².